The van der Waals surface area contributed by atoms with Crippen LogP contribution < -0.4 is 15.6 Å². The van der Waals surface area contributed by atoms with E-state index in [9.17, 15) is 4.79 Å². The number of benzene rings is 2. The zero-order valence-electron chi connectivity index (χ0n) is 12.9. The largest absolute Gasteiger partial charge is 0.482 e. The predicted molar refractivity (Wildman–Crippen MR) is 88.2 cm³/mol. The number of nitrogens with one attached hydrogen (secondary N) is 1. The van der Waals surface area contributed by atoms with Crippen LogP contribution >= 0.6 is 11.6 Å². The number of hydrogen-bond acceptors (Lipinski definition) is 3. The van der Waals surface area contributed by atoms with Gasteiger partial charge in [-0.25, -0.2) is 4.79 Å². The molecule has 0 atom stereocenters. The lowest BCUT2D eigenvalue weighted by molar-refractivity contribution is -0.724. The van der Waals surface area contributed by atoms with Gasteiger partial charge >= 0.3 is 11.8 Å². The zero-order valence-corrected chi connectivity index (χ0v) is 13.7. The monoisotopic (exact) mass is 333 g/mol. The Kier molecular flexibility index (Phi) is 5.60. The van der Waals surface area contributed by atoms with Crippen LogP contribution in [0.4, 0.5) is 0 Å². The number of carbonyl (C=O) groups excluding carboxylic acids is 1. The molecule has 0 radical (unpaired) electrons. The fourth-order valence-corrected chi connectivity index (χ4v) is 2.27. The van der Waals surface area contributed by atoms with Crippen molar-refractivity contribution in [2.45, 2.75) is 13.8 Å². The Bertz CT molecular complexity index is 724. The Morgan fingerprint density at radius 3 is 2.48 bits per heavy atom. The molecule has 0 saturated heterocycles. The normalized spacial score (nSPS) is 11.2. The molecule has 0 fully saturated rings. The van der Waals surface area contributed by atoms with Crippen molar-refractivity contribution in [1.82, 2.24) is 0 Å². The molecule has 3 N–H and O–H groups in total. The molecule has 0 unspecified atom stereocenters. The van der Waals surface area contributed by atoms with Crippen LogP contribution in [-0.2, 0) is 9.63 Å². The summed E-state index contributed by atoms with van der Waals surface area (Å²) < 4.78 is 5.40. The van der Waals surface area contributed by atoms with E-state index >= 15 is 0 Å². The van der Waals surface area contributed by atoms with E-state index in [1.54, 1.807) is 24.3 Å². The van der Waals surface area contributed by atoms with Crippen molar-refractivity contribution in [1.29, 1.82) is 0 Å². The van der Waals surface area contributed by atoms with Crippen LogP contribution in [0.1, 0.15) is 16.7 Å². The molecule has 0 aliphatic carbocycles. The van der Waals surface area contributed by atoms with E-state index < -0.39 is 5.97 Å². The Labute approximate surface area is 139 Å². The molecule has 0 amide bonds. The average Bonchev–Trinajstić information content (AvgIpc) is 2.50. The van der Waals surface area contributed by atoms with Crippen molar-refractivity contribution in [3.63, 3.8) is 0 Å². The summed E-state index contributed by atoms with van der Waals surface area (Å²) in [5.41, 5.74) is 8.46. The van der Waals surface area contributed by atoms with Gasteiger partial charge < -0.3 is 4.74 Å². The van der Waals surface area contributed by atoms with Crippen LogP contribution in [0.15, 0.2) is 42.5 Å². The first-order chi connectivity index (χ1) is 11.0. The molecule has 0 aliphatic heterocycles. The smallest absolute Gasteiger partial charge is 0.394 e. The molecule has 2 aromatic rings. The van der Waals surface area contributed by atoms with Gasteiger partial charge in [0.1, 0.15) is 5.75 Å². The summed E-state index contributed by atoms with van der Waals surface area (Å²) in [4.78, 5) is 16.6. The van der Waals surface area contributed by atoms with Gasteiger partial charge in [-0.15, -0.1) is 0 Å². The molecule has 5 nitrogen and oxygen atoms in total. The number of carbonyl (C=O) groups is 1. The molecule has 120 valence electrons. The molecule has 23 heavy (non-hydrogen) atoms. The van der Waals surface area contributed by atoms with Crippen molar-refractivity contribution in [3.8, 4) is 5.75 Å². The number of hydrogen-bond donors (Lipinski definition) is 2. The Morgan fingerprint density at radius 2 is 1.83 bits per heavy atom. The van der Waals surface area contributed by atoms with Gasteiger partial charge in [0.05, 0.1) is 10.6 Å². The highest BCUT2D eigenvalue weighted by Gasteiger charge is 2.12. The van der Waals surface area contributed by atoms with E-state index in [2.05, 4.69) is 5.16 Å². The lowest BCUT2D eigenvalue weighted by Crippen LogP contribution is -2.76. The fourth-order valence-electron chi connectivity index (χ4n) is 2.03. The van der Waals surface area contributed by atoms with Gasteiger partial charge in [0.15, 0.2) is 6.61 Å². The summed E-state index contributed by atoms with van der Waals surface area (Å²) in [6.45, 7) is 3.68. The standard InChI is InChI=1S/C17H17ClN2O3/c1-11-7-12(2)9-13(8-11)22-10-16(21)23-20-17(19)14-5-3-4-6-15(14)18/h3-9H,10H2,1-2H3,(H2,19,20)/p+1. The minimum atomic E-state index is -0.598. The number of amidine groups is 1. The quantitative estimate of drug-likeness (QED) is 0.374. The van der Waals surface area contributed by atoms with Gasteiger partial charge in [-0.1, -0.05) is 35.0 Å². The highest BCUT2D eigenvalue weighted by molar-refractivity contribution is 6.33. The third-order valence-electron chi connectivity index (χ3n) is 2.99. The van der Waals surface area contributed by atoms with Crippen LogP contribution in [0.25, 0.3) is 0 Å². The maximum absolute atomic E-state index is 11.7. The van der Waals surface area contributed by atoms with Crippen LogP contribution in [0.3, 0.4) is 0 Å². The van der Waals surface area contributed by atoms with Crippen molar-refractivity contribution in [2.24, 2.45) is 5.73 Å². The molecule has 0 spiro atoms. The van der Waals surface area contributed by atoms with E-state index in [4.69, 9.17) is 26.9 Å². The van der Waals surface area contributed by atoms with Gasteiger partial charge in [0.25, 0.3) is 0 Å². The minimum absolute atomic E-state index is 0.148. The number of halogens is 1. The van der Waals surface area contributed by atoms with Crippen LogP contribution in [0.2, 0.25) is 5.02 Å². The first-order valence-electron chi connectivity index (χ1n) is 7.00. The van der Waals surface area contributed by atoms with Crippen LogP contribution in [-0.4, -0.2) is 18.4 Å². The molecule has 2 aromatic carbocycles. The molecule has 0 aliphatic rings. The molecule has 0 bridgehead atoms. The Balaban J connectivity index is 1.92. The lowest BCUT2D eigenvalue weighted by Gasteiger charge is -2.06. The fraction of sp³-hybridized carbons (Fsp3) is 0.176. The Morgan fingerprint density at radius 1 is 1.17 bits per heavy atom. The highest BCUT2D eigenvalue weighted by Crippen LogP contribution is 2.16. The van der Waals surface area contributed by atoms with Gasteiger partial charge in [0.2, 0.25) is 0 Å². The van der Waals surface area contributed by atoms with Crippen molar-refractivity contribution < 1.29 is 19.5 Å². The minimum Gasteiger partial charge on any atom is -0.482 e. The number of nitrogen functional groups attached to an aromatic ring is 1. The Hall–Kier alpha value is -2.53. The molecular formula is C17H18ClN2O3+. The lowest BCUT2D eigenvalue weighted by atomic mass is 10.1. The summed E-state index contributed by atoms with van der Waals surface area (Å²) in [6.07, 6.45) is 0. The second kappa shape index (κ2) is 7.65. The summed E-state index contributed by atoms with van der Waals surface area (Å²) in [5, 5.41) is 2.84. The third kappa shape index (κ3) is 5.00. The highest BCUT2D eigenvalue weighted by atomic mass is 35.5. The molecule has 0 saturated carbocycles. The predicted octanol–water partition coefficient (Wildman–Crippen LogP) is 1.28. The van der Waals surface area contributed by atoms with E-state index in [-0.39, 0.29) is 12.4 Å². The number of ether oxygens (including phenoxy) is 1. The average molecular weight is 334 g/mol. The summed E-state index contributed by atoms with van der Waals surface area (Å²) in [5.74, 6) is 0.164. The maximum atomic E-state index is 11.7. The SMILES string of the molecule is Cc1cc(C)cc(OCC(=O)O[NH+]=C(N)c2ccccc2Cl)c1. The number of nitrogens with two attached hydrogens (primary N) is 1. The number of rotatable bonds is 5. The van der Waals surface area contributed by atoms with Gasteiger partial charge in [-0.05, 0) is 49.2 Å². The van der Waals surface area contributed by atoms with E-state index in [0.29, 0.717) is 16.3 Å². The maximum Gasteiger partial charge on any atom is 0.394 e. The van der Waals surface area contributed by atoms with Crippen molar-refractivity contribution in [3.05, 3.63) is 64.2 Å². The third-order valence-corrected chi connectivity index (χ3v) is 3.32. The molecule has 2 rings (SSSR count). The van der Waals surface area contributed by atoms with E-state index in [0.717, 1.165) is 11.1 Å². The molecule has 0 heterocycles. The topological polar surface area (TPSA) is 75.5 Å². The molecule has 0 aromatic heterocycles. The summed E-state index contributed by atoms with van der Waals surface area (Å²) in [6, 6.07) is 12.7. The summed E-state index contributed by atoms with van der Waals surface area (Å²) >= 11 is 6.00. The van der Waals surface area contributed by atoms with Gasteiger partial charge in [0, 0.05) is 0 Å². The first-order valence-corrected chi connectivity index (χ1v) is 7.37. The zero-order chi connectivity index (χ0) is 16.8. The summed E-state index contributed by atoms with van der Waals surface area (Å²) in [7, 11) is 0. The van der Waals surface area contributed by atoms with Crippen LogP contribution in [0.5, 0.6) is 5.75 Å². The van der Waals surface area contributed by atoms with Crippen molar-refractivity contribution >= 4 is 23.4 Å². The first kappa shape index (κ1) is 16.8. The molecular weight excluding hydrogens is 316 g/mol. The van der Waals surface area contributed by atoms with Gasteiger partial charge in [-0.3, -0.25) is 10.6 Å². The second-order valence-electron chi connectivity index (χ2n) is 5.08. The number of aryl methyl sites for hydroxylation is 2. The van der Waals surface area contributed by atoms with E-state index in [1.807, 2.05) is 32.0 Å². The van der Waals surface area contributed by atoms with Crippen LogP contribution in [0, 0.1) is 13.8 Å². The molecule has 6 heteroatoms. The van der Waals surface area contributed by atoms with Crippen molar-refractivity contribution in [2.75, 3.05) is 6.61 Å². The second-order valence-corrected chi connectivity index (χ2v) is 5.49. The van der Waals surface area contributed by atoms with Gasteiger partial charge in [-0.2, -0.15) is 0 Å². The van der Waals surface area contributed by atoms with E-state index in [1.165, 1.54) is 0 Å².